The Bertz CT molecular complexity index is 1360. The van der Waals surface area contributed by atoms with Gasteiger partial charge in [-0.05, 0) is 34.9 Å². The van der Waals surface area contributed by atoms with E-state index in [0.717, 1.165) is 6.07 Å². The maximum absolute atomic E-state index is 14.7. The summed E-state index contributed by atoms with van der Waals surface area (Å²) < 4.78 is 63.2. The SMILES string of the molecule is O=C1NCc2ccccc2-c2cc(c(F)cc2F)NS(=O)(=O)c2cc1cc1c2OCC1. The van der Waals surface area contributed by atoms with Crippen molar-refractivity contribution in [2.75, 3.05) is 11.3 Å². The first-order valence-corrected chi connectivity index (χ1v) is 11.0. The summed E-state index contributed by atoms with van der Waals surface area (Å²) in [4.78, 5) is 12.5. The Balaban J connectivity index is 1.77. The average molecular weight is 442 g/mol. The molecule has 1 amide bonds. The molecule has 0 aromatic heterocycles. The number of hydrogen-bond acceptors (Lipinski definition) is 4. The zero-order valence-electron chi connectivity index (χ0n) is 16.0. The first-order chi connectivity index (χ1) is 14.8. The van der Waals surface area contributed by atoms with E-state index in [1.807, 2.05) is 0 Å². The highest BCUT2D eigenvalue weighted by Gasteiger charge is 2.29. The zero-order valence-corrected chi connectivity index (χ0v) is 16.9. The molecule has 9 heteroatoms. The second kappa shape index (κ2) is 7.05. The number of amides is 1. The van der Waals surface area contributed by atoms with Crippen LogP contribution in [-0.2, 0) is 23.0 Å². The molecular formula is C22H16F2N2O4S. The number of carbonyl (C=O) groups excluding carboxylic acids is 1. The maximum Gasteiger partial charge on any atom is 0.265 e. The highest BCUT2D eigenvalue weighted by atomic mass is 32.2. The lowest BCUT2D eigenvalue weighted by molar-refractivity contribution is 0.0950. The lowest BCUT2D eigenvalue weighted by Gasteiger charge is -2.14. The summed E-state index contributed by atoms with van der Waals surface area (Å²) in [6.45, 7) is 0.343. The summed E-state index contributed by atoms with van der Waals surface area (Å²) in [6.07, 6.45) is 0.441. The molecule has 2 N–H and O–H groups in total. The number of ether oxygens (including phenoxy) is 1. The number of sulfonamides is 1. The summed E-state index contributed by atoms with van der Waals surface area (Å²) in [5.41, 5.74) is 1.33. The van der Waals surface area contributed by atoms with Gasteiger partial charge in [0.2, 0.25) is 0 Å². The lowest BCUT2D eigenvalue weighted by Crippen LogP contribution is -2.24. The fourth-order valence-corrected chi connectivity index (χ4v) is 5.12. The van der Waals surface area contributed by atoms with Gasteiger partial charge in [0.15, 0.2) is 0 Å². The second-order valence-corrected chi connectivity index (χ2v) is 8.97. The molecule has 0 unspecified atom stereocenters. The number of anilines is 1. The quantitative estimate of drug-likeness (QED) is 0.557. The highest BCUT2D eigenvalue weighted by Crippen LogP contribution is 2.37. The van der Waals surface area contributed by atoms with Crippen LogP contribution in [0.2, 0.25) is 0 Å². The third-order valence-electron chi connectivity index (χ3n) is 5.35. The molecule has 6 nitrogen and oxygen atoms in total. The number of benzene rings is 3. The van der Waals surface area contributed by atoms with Gasteiger partial charge in [0.25, 0.3) is 15.9 Å². The molecule has 3 aromatic carbocycles. The van der Waals surface area contributed by atoms with Gasteiger partial charge >= 0.3 is 0 Å². The predicted octanol–water partition coefficient (Wildman–Crippen LogP) is 3.61. The van der Waals surface area contributed by atoms with Gasteiger partial charge in [-0.1, -0.05) is 24.3 Å². The van der Waals surface area contributed by atoms with Crippen LogP contribution >= 0.6 is 0 Å². The molecule has 2 heterocycles. The molecule has 4 bridgehead atoms. The van der Waals surface area contributed by atoms with E-state index in [1.54, 1.807) is 30.3 Å². The normalized spacial score (nSPS) is 16.4. The lowest BCUT2D eigenvalue weighted by atomic mass is 9.98. The molecule has 5 rings (SSSR count). The zero-order chi connectivity index (χ0) is 21.8. The minimum absolute atomic E-state index is 0.0105. The van der Waals surface area contributed by atoms with Gasteiger partial charge in [-0.3, -0.25) is 9.52 Å². The third kappa shape index (κ3) is 3.31. The topological polar surface area (TPSA) is 84.5 Å². The number of hydrogen-bond donors (Lipinski definition) is 2. The minimum Gasteiger partial charge on any atom is -0.492 e. The molecule has 0 aliphatic carbocycles. The summed E-state index contributed by atoms with van der Waals surface area (Å²) in [5, 5.41) is 2.75. The van der Waals surface area contributed by atoms with E-state index >= 15 is 0 Å². The van der Waals surface area contributed by atoms with Gasteiger partial charge in [0, 0.05) is 30.2 Å². The Morgan fingerprint density at radius 2 is 1.74 bits per heavy atom. The number of carbonyl (C=O) groups is 1. The van der Waals surface area contributed by atoms with E-state index in [0.29, 0.717) is 29.2 Å². The van der Waals surface area contributed by atoms with E-state index in [2.05, 4.69) is 10.0 Å². The van der Waals surface area contributed by atoms with Crippen LogP contribution in [0.1, 0.15) is 21.5 Å². The van der Waals surface area contributed by atoms with Crippen LogP contribution in [0.25, 0.3) is 11.1 Å². The van der Waals surface area contributed by atoms with Gasteiger partial charge in [-0.15, -0.1) is 0 Å². The van der Waals surface area contributed by atoms with Crippen molar-refractivity contribution >= 4 is 21.6 Å². The Morgan fingerprint density at radius 1 is 0.935 bits per heavy atom. The van der Waals surface area contributed by atoms with Crippen LogP contribution in [0.3, 0.4) is 0 Å². The number of halogens is 2. The average Bonchev–Trinajstić information content (AvgIpc) is 3.21. The van der Waals surface area contributed by atoms with Gasteiger partial charge in [-0.25, -0.2) is 17.2 Å². The van der Waals surface area contributed by atoms with Crippen molar-refractivity contribution in [3.05, 3.63) is 76.9 Å². The van der Waals surface area contributed by atoms with Crippen LogP contribution in [-0.4, -0.2) is 20.9 Å². The Hall–Kier alpha value is -3.46. The molecule has 0 spiro atoms. The van der Waals surface area contributed by atoms with Crippen LogP contribution in [0.15, 0.2) is 53.4 Å². The van der Waals surface area contributed by atoms with E-state index in [9.17, 15) is 22.0 Å². The molecular weight excluding hydrogens is 426 g/mol. The minimum atomic E-state index is -4.34. The standard InChI is InChI=1S/C22H16F2N2O4S/c23-17-10-18(24)19-9-16(17)15-4-2-1-3-13(15)11-25-22(27)14-7-12-5-6-30-21(12)20(8-14)31(28,29)26-19/h1-4,7-10,26H,5-6,11H2,(H,25,27). The molecule has 3 aromatic rings. The van der Waals surface area contributed by atoms with E-state index in [-0.39, 0.29) is 34.9 Å². The fraction of sp³-hybridized carbons (Fsp3) is 0.136. The highest BCUT2D eigenvalue weighted by molar-refractivity contribution is 7.92. The molecule has 158 valence electrons. The first kappa shape index (κ1) is 19.5. The summed E-state index contributed by atoms with van der Waals surface area (Å²) >= 11 is 0. The van der Waals surface area contributed by atoms with Crippen LogP contribution in [0.5, 0.6) is 5.75 Å². The van der Waals surface area contributed by atoms with Crippen molar-refractivity contribution in [1.29, 1.82) is 0 Å². The second-order valence-electron chi connectivity index (χ2n) is 7.32. The molecule has 31 heavy (non-hydrogen) atoms. The Morgan fingerprint density at radius 3 is 2.58 bits per heavy atom. The van der Waals surface area contributed by atoms with Crippen LogP contribution in [0.4, 0.5) is 14.5 Å². The summed E-state index contributed by atoms with van der Waals surface area (Å²) in [6, 6.07) is 11.3. The first-order valence-electron chi connectivity index (χ1n) is 9.51. The largest absolute Gasteiger partial charge is 0.492 e. The fourth-order valence-electron chi connectivity index (χ4n) is 3.85. The van der Waals surface area contributed by atoms with Gasteiger partial charge < -0.3 is 10.1 Å². The summed E-state index contributed by atoms with van der Waals surface area (Å²) in [7, 11) is -4.34. The molecule has 0 saturated carbocycles. The molecule has 0 saturated heterocycles. The number of fused-ring (bicyclic) bond motifs is 8. The smallest absolute Gasteiger partial charge is 0.265 e. The molecule has 0 fully saturated rings. The van der Waals surface area contributed by atoms with Gasteiger partial charge in [0.1, 0.15) is 22.3 Å². The van der Waals surface area contributed by atoms with E-state index in [4.69, 9.17) is 4.74 Å². The van der Waals surface area contributed by atoms with Crippen molar-refractivity contribution in [2.45, 2.75) is 17.9 Å². The predicted molar refractivity (Wildman–Crippen MR) is 109 cm³/mol. The van der Waals surface area contributed by atoms with Crippen molar-refractivity contribution in [2.24, 2.45) is 0 Å². The molecule has 0 radical (unpaired) electrons. The van der Waals surface area contributed by atoms with Crippen LogP contribution < -0.4 is 14.8 Å². The van der Waals surface area contributed by atoms with Crippen molar-refractivity contribution in [1.82, 2.24) is 5.32 Å². The van der Waals surface area contributed by atoms with Crippen molar-refractivity contribution in [3.63, 3.8) is 0 Å². The van der Waals surface area contributed by atoms with Gasteiger partial charge in [-0.2, -0.15) is 0 Å². The number of nitrogens with one attached hydrogen (secondary N) is 2. The van der Waals surface area contributed by atoms with E-state index < -0.39 is 33.3 Å². The number of rotatable bonds is 0. The molecule has 2 aliphatic rings. The Labute approximate surface area is 176 Å². The van der Waals surface area contributed by atoms with E-state index in [1.165, 1.54) is 6.07 Å². The summed E-state index contributed by atoms with van der Waals surface area (Å²) in [5.74, 6) is -2.26. The third-order valence-corrected chi connectivity index (χ3v) is 6.72. The molecule has 2 aliphatic heterocycles. The maximum atomic E-state index is 14.7. The van der Waals surface area contributed by atoms with Crippen molar-refractivity contribution in [3.8, 4) is 16.9 Å². The Kier molecular flexibility index (Phi) is 4.44. The molecule has 0 atom stereocenters. The monoisotopic (exact) mass is 442 g/mol. The van der Waals surface area contributed by atoms with Crippen LogP contribution in [0, 0.1) is 11.6 Å². The van der Waals surface area contributed by atoms with Crippen molar-refractivity contribution < 1.29 is 26.7 Å². The van der Waals surface area contributed by atoms with Gasteiger partial charge in [0.05, 0.1) is 12.3 Å².